The van der Waals surface area contributed by atoms with Gasteiger partial charge >= 0.3 is 0 Å². The van der Waals surface area contributed by atoms with E-state index in [2.05, 4.69) is 49.1 Å². The number of nitrogens with two attached hydrogens (primary N) is 1. The summed E-state index contributed by atoms with van der Waals surface area (Å²) >= 11 is 7.00. The molecule has 0 amide bonds. The van der Waals surface area contributed by atoms with Gasteiger partial charge in [-0.3, -0.25) is 0 Å². The van der Waals surface area contributed by atoms with Crippen molar-refractivity contribution in [2.45, 2.75) is 37.3 Å². The van der Waals surface area contributed by atoms with Crippen molar-refractivity contribution < 1.29 is 0 Å². The maximum Gasteiger partial charge on any atom is 0.191 e. The lowest BCUT2D eigenvalue weighted by atomic mass is 10.4. The zero-order chi connectivity index (χ0) is 13.0. The summed E-state index contributed by atoms with van der Waals surface area (Å²) in [6.07, 6.45) is 1.06. The summed E-state index contributed by atoms with van der Waals surface area (Å²) in [5.41, 5.74) is 5.67. The predicted octanol–water partition coefficient (Wildman–Crippen LogP) is 3.26. The minimum Gasteiger partial charge on any atom is -0.324 e. The van der Waals surface area contributed by atoms with Crippen molar-refractivity contribution in [1.82, 2.24) is 14.8 Å². The number of thiophene rings is 1. The van der Waals surface area contributed by atoms with E-state index < -0.39 is 0 Å². The minimum absolute atomic E-state index is 0.441. The molecule has 0 aromatic carbocycles. The van der Waals surface area contributed by atoms with Crippen LogP contribution in [0.3, 0.4) is 0 Å². The topological polar surface area (TPSA) is 56.7 Å². The van der Waals surface area contributed by atoms with Gasteiger partial charge in [0.05, 0.1) is 6.54 Å². The molecule has 2 heterocycles. The highest BCUT2D eigenvalue weighted by molar-refractivity contribution is 9.10. The van der Waals surface area contributed by atoms with Crippen LogP contribution >= 0.6 is 39.0 Å². The van der Waals surface area contributed by atoms with E-state index in [1.807, 2.05) is 0 Å². The molecule has 2 aromatic heterocycles. The molecule has 4 nitrogen and oxygen atoms in total. The van der Waals surface area contributed by atoms with Crippen LogP contribution in [0.4, 0.5) is 0 Å². The molecule has 0 aliphatic carbocycles. The van der Waals surface area contributed by atoms with Crippen LogP contribution in [0, 0.1) is 0 Å². The van der Waals surface area contributed by atoms with E-state index in [4.69, 9.17) is 5.73 Å². The van der Waals surface area contributed by atoms with Crippen molar-refractivity contribution in [2.24, 2.45) is 5.73 Å². The molecule has 18 heavy (non-hydrogen) atoms. The van der Waals surface area contributed by atoms with Gasteiger partial charge < -0.3 is 10.3 Å². The Bertz CT molecular complexity index is 509. The molecular weight excluding hydrogens is 332 g/mol. The lowest BCUT2D eigenvalue weighted by molar-refractivity contribution is 0.592. The van der Waals surface area contributed by atoms with E-state index in [1.54, 1.807) is 23.1 Å². The van der Waals surface area contributed by atoms with Crippen LogP contribution < -0.4 is 5.73 Å². The summed E-state index contributed by atoms with van der Waals surface area (Å²) in [4.78, 5) is 1.32. The van der Waals surface area contributed by atoms with Gasteiger partial charge in [-0.2, -0.15) is 0 Å². The number of hydrogen-bond donors (Lipinski definition) is 1. The molecule has 0 aliphatic rings. The Morgan fingerprint density at radius 2 is 2.33 bits per heavy atom. The molecule has 7 heteroatoms. The second-order valence-corrected chi connectivity index (χ2v) is 6.53. The summed E-state index contributed by atoms with van der Waals surface area (Å²) in [6.45, 7) is 3.51. The van der Waals surface area contributed by atoms with Crippen molar-refractivity contribution in [1.29, 1.82) is 0 Å². The van der Waals surface area contributed by atoms with Crippen LogP contribution in [0.15, 0.2) is 21.1 Å². The van der Waals surface area contributed by atoms with Gasteiger partial charge in [-0.1, -0.05) is 18.7 Å². The molecule has 0 radical (unpaired) electrons. The van der Waals surface area contributed by atoms with Gasteiger partial charge in [-0.15, -0.1) is 21.5 Å². The number of aromatic nitrogens is 3. The van der Waals surface area contributed by atoms with E-state index in [9.17, 15) is 0 Å². The second-order valence-electron chi connectivity index (χ2n) is 3.73. The van der Waals surface area contributed by atoms with Crippen LogP contribution in [0.5, 0.6) is 0 Å². The van der Waals surface area contributed by atoms with Gasteiger partial charge in [-0.05, 0) is 33.8 Å². The summed E-state index contributed by atoms with van der Waals surface area (Å²) in [5.74, 6) is 1.77. The van der Waals surface area contributed by atoms with E-state index in [-0.39, 0.29) is 0 Å². The predicted molar refractivity (Wildman–Crippen MR) is 79.8 cm³/mol. The number of thioether (sulfide) groups is 1. The molecule has 0 atom stereocenters. The Kier molecular flexibility index (Phi) is 5.23. The Labute approximate surface area is 123 Å². The smallest absolute Gasteiger partial charge is 0.191 e. The number of hydrogen-bond acceptors (Lipinski definition) is 5. The SMILES string of the molecule is CCCn1c(CN)nnc1SCc1sccc1Br. The first-order chi connectivity index (χ1) is 8.76. The fourth-order valence-electron chi connectivity index (χ4n) is 1.58. The van der Waals surface area contributed by atoms with Crippen LogP contribution in [0.25, 0.3) is 0 Å². The molecule has 0 saturated heterocycles. The first kappa shape index (κ1) is 14.0. The third-order valence-corrected chi connectivity index (χ3v) is 5.55. The third kappa shape index (κ3) is 3.14. The van der Waals surface area contributed by atoms with E-state index in [0.29, 0.717) is 6.54 Å². The molecule has 0 fully saturated rings. The molecule has 0 aliphatic heterocycles. The van der Waals surface area contributed by atoms with Gasteiger partial charge in [-0.25, -0.2) is 0 Å². The van der Waals surface area contributed by atoms with Gasteiger partial charge in [0, 0.05) is 21.6 Å². The molecule has 2 aromatic rings. The fraction of sp³-hybridized carbons (Fsp3) is 0.455. The lowest BCUT2D eigenvalue weighted by Gasteiger charge is -2.07. The largest absolute Gasteiger partial charge is 0.324 e. The summed E-state index contributed by atoms with van der Waals surface area (Å²) in [6, 6.07) is 2.07. The molecule has 98 valence electrons. The molecule has 2 N–H and O–H groups in total. The van der Waals surface area contributed by atoms with Crippen molar-refractivity contribution in [3.8, 4) is 0 Å². The van der Waals surface area contributed by atoms with Gasteiger partial charge in [0.15, 0.2) is 5.16 Å². The monoisotopic (exact) mass is 346 g/mol. The van der Waals surface area contributed by atoms with Gasteiger partial charge in [0.25, 0.3) is 0 Å². The van der Waals surface area contributed by atoms with E-state index >= 15 is 0 Å². The normalized spacial score (nSPS) is 11.1. The van der Waals surface area contributed by atoms with Crippen molar-refractivity contribution in [3.05, 3.63) is 26.6 Å². The minimum atomic E-state index is 0.441. The molecule has 0 spiro atoms. The average Bonchev–Trinajstić information content (AvgIpc) is 2.94. The number of rotatable bonds is 6. The highest BCUT2D eigenvalue weighted by Gasteiger charge is 2.11. The van der Waals surface area contributed by atoms with Crippen LogP contribution in [-0.2, 0) is 18.8 Å². The second kappa shape index (κ2) is 6.70. The Morgan fingerprint density at radius 3 is 2.94 bits per heavy atom. The summed E-state index contributed by atoms with van der Waals surface area (Å²) in [7, 11) is 0. The third-order valence-electron chi connectivity index (χ3n) is 2.45. The molecular formula is C11H15BrN4S2. The highest BCUT2D eigenvalue weighted by Crippen LogP contribution is 2.30. The standard InChI is InChI=1S/C11H15BrN4S2/c1-2-4-16-10(6-13)14-15-11(16)18-7-9-8(12)3-5-17-9/h3,5H,2,4,6-7,13H2,1H3. The Morgan fingerprint density at radius 1 is 1.50 bits per heavy atom. The maximum absolute atomic E-state index is 5.67. The highest BCUT2D eigenvalue weighted by atomic mass is 79.9. The van der Waals surface area contributed by atoms with Crippen molar-refractivity contribution in [3.63, 3.8) is 0 Å². The van der Waals surface area contributed by atoms with Crippen molar-refractivity contribution in [2.75, 3.05) is 0 Å². The molecule has 0 unspecified atom stereocenters. The first-order valence-electron chi connectivity index (χ1n) is 5.73. The van der Waals surface area contributed by atoms with E-state index in [0.717, 1.165) is 29.7 Å². The maximum atomic E-state index is 5.67. The van der Waals surface area contributed by atoms with Crippen molar-refractivity contribution >= 4 is 39.0 Å². The zero-order valence-corrected chi connectivity index (χ0v) is 13.3. The first-order valence-corrected chi connectivity index (χ1v) is 8.38. The Balaban J connectivity index is 2.09. The fourth-order valence-corrected chi connectivity index (χ4v) is 4.36. The Hall–Kier alpha value is -0.370. The van der Waals surface area contributed by atoms with E-state index in [1.165, 1.54) is 9.35 Å². The summed E-state index contributed by atoms with van der Waals surface area (Å²) < 4.78 is 3.28. The molecule has 0 bridgehead atoms. The average molecular weight is 347 g/mol. The van der Waals surface area contributed by atoms with Gasteiger partial charge in [0.1, 0.15) is 5.82 Å². The molecule has 2 rings (SSSR count). The zero-order valence-electron chi connectivity index (χ0n) is 10.1. The number of halogens is 1. The number of nitrogens with zero attached hydrogens (tertiary/aromatic N) is 3. The lowest BCUT2D eigenvalue weighted by Crippen LogP contribution is -2.09. The van der Waals surface area contributed by atoms with Gasteiger partial charge in [0.2, 0.25) is 0 Å². The quantitative estimate of drug-likeness (QED) is 0.815. The van der Waals surface area contributed by atoms with Crippen LogP contribution in [0.1, 0.15) is 24.0 Å². The summed E-state index contributed by atoms with van der Waals surface area (Å²) in [5, 5.41) is 11.4. The van der Waals surface area contributed by atoms with Crippen LogP contribution in [0.2, 0.25) is 0 Å². The van der Waals surface area contributed by atoms with Crippen LogP contribution in [-0.4, -0.2) is 14.8 Å². The molecule has 0 saturated carbocycles.